The normalized spacial score (nSPS) is 14.2. The van der Waals surface area contributed by atoms with E-state index in [-0.39, 0.29) is 0 Å². The fraction of sp³-hybridized carbons (Fsp3) is 0.333. The van der Waals surface area contributed by atoms with E-state index in [0.29, 0.717) is 0 Å². The second-order valence-electron chi connectivity index (χ2n) is 4.74. The van der Waals surface area contributed by atoms with Crippen molar-refractivity contribution < 1.29 is 4.74 Å². The summed E-state index contributed by atoms with van der Waals surface area (Å²) < 4.78 is 5.80. The van der Waals surface area contributed by atoms with Crippen molar-refractivity contribution in [1.29, 1.82) is 0 Å². The van der Waals surface area contributed by atoms with E-state index in [0.717, 1.165) is 48.2 Å². The summed E-state index contributed by atoms with van der Waals surface area (Å²) in [5, 5.41) is 3.11. The smallest absolute Gasteiger partial charge is 0.142 e. The molecule has 0 spiro atoms. The van der Waals surface area contributed by atoms with Gasteiger partial charge in [-0.3, -0.25) is 0 Å². The Hall–Kier alpha value is -2.30. The number of nitrogens with one attached hydrogen (secondary N) is 1. The molecule has 0 atom stereocenters. The molecule has 2 aromatic rings. The zero-order chi connectivity index (χ0) is 13.9. The molecule has 0 fully saturated rings. The van der Waals surface area contributed by atoms with Crippen LogP contribution in [0.2, 0.25) is 0 Å². The zero-order valence-corrected chi connectivity index (χ0v) is 11.8. The Morgan fingerprint density at radius 1 is 1.25 bits per heavy atom. The molecular weight excluding hydrogens is 252 g/mol. The van der Waals surface area contributed by atoms with Crippen molar-refractivity contribution in [3.63, 3.8) is 0 Å². The first-order valence-corrected chi connectivity index (χ1v) is 6.80. The maximum absolute atomic E-state index is 5.80. The van der Waals surface area contributed by atoms with Gasteiger partial charge in [0.2, 0.25) is 0 Å². The van der Waals surface area contributed by atoms with Gasteiger partial charge in [0.25, 0.3) is 0 Å². The van der Waals surface area contributed by atoms with E-state index >= 15 is 0 Å². The van der Waals surface area contributed by atoms with Crippen molar-refractivity contribution >= 4 is 17.3 Å². The lowest BCUT2D eigenvalue weighted by molar-refractivity contribution is 0.322. The van der Waals surface area contributed by atoms with Crippen LogP contribution in [-0.4, -0.2) is 30.2 Å². The largest absolute Gasteiger partial charge is 0.491 e. The lowest BCUT2D eigenvalue weighted by Gasteiger charge is -2.24. The maximum atomic E-state index is 5.80. The van der Waals surface area contributed by atoms with E-state index < -0.39 is 0 Å². The highest BCUT2D eigenvalue weighted by molar-refractivity contribution is 5.71. The van der Waals surface area contributed by atoms with Gasteiger partial charge in [-0.1, -0.05) is 12.1 Å². The number of anilines is 3. The highest BCUT2D eigenvalue weighted by Crippen LogP contribution is 2.36. The predicted molar refractivity (Wildman–Crippen MR) is 79.9 cm³/mol. The van der Waals surface area contributed by atoms with E-state index in [1.165, 1.54) is 0 Å². The molecule has 2 heterocycles. The minimum Gasteiger partial charge on any atom is -0.491 e. The quantitative estimate of drug-likeness (QED) is 0.909. The lowest BCUT2D eigenvalue weighted by Crippen LogP contribution is -2.20. The van der Waals surface area contributed by atoms with E-state index in [2.05, 4.69) is 26.3 Å². The fourth-order valence-electron chi connectivity index (χ4n) is 2.51. The summed E-state index contributed by atoms with van der Waals surface area (Å²) in [5.41, 5.74) is 2.11. The zero-order valence-electron chi connectivity index (χ0n) is 11.8. The Labute approximate surface area is 118 Å². The summed E-state index contributed by atoms with van der Waals surface area (Å²) in [6.07, 6.45) is 2.57. The van der Waals surface area contributed by atoms with Crippen LogP contribution in [0.5, 0.6) is 5.75 Å². The molecule has 3 rings (SSSR count). The fourth-order valence-corrected chi connectivity index (χ4v) is 2.51. The second kappa shape index (κ2) is 5.36. The summed E-state index contributed by atoms with van der Waals surface area (Å²) in [6, 6.07) is 8.09. The molecule has 1 N–H and O–H groups in total. The Balaban J connectivity index is 2.10. The molecule has 1 aliphatic heterocycles. The second-order valence-corrected chi connectivity index (χ2v) is 4.74. The van der Waals surface area contributed by atoms with Gasteiger partial charge in [-0.25, -0.2) is 9.97 Å². The van der Waals surface area contributed by atoms with Crippen LogP contribution in [-0.2, 0) is 0 Å². The molecule has 0 bridgehead atoms. The van der Waals surface area contributed by atoms with Crippen LogP contribution in [0, 0.1) is 6.92 Å². The average Bonchev–Trinajstić information content (AvgIpc) is 2.70. The summed E-state index contributed by atoms with van der Waals surface area (Å²) in [4.78, 5) is 10.9. The molecule has 0 aliphatic carbocycles. The number of hydrogen-bond acceptors (Lipinski definition) is 5. The lowest BCUT2D eigenvalue weighted by atomic mass is 10.2. The number of rotatable bonds is 2. The number of aromatic nitrogens is 2. The first-order valence-electron chi connectivity index (χ1n) is 6.80. The number of nitrogens with zero attached hydrogens (tertiary/aromatic N) is 3. The maximum Gasteiger partial charge on any atom is 0.142 e. The number of benzene rings is 1. The van der Waals surface area contributed by atoms with Gasteiger partial charge < -0.3 is 15.0 Å². The third-order valence-corrected chi connectivity index (χ3v) is 3.49. The van der Waals surface area contributed by atoms with Crippen LogP contribution in [0.25, 0.3) is 0 Å². The van der Waals surface area contributed by atoms with Gasteiger partial charge in [0.15, 0.2) is 0 Å². The van der Waals surface area contributed by atoms with Crippen molar-refractivity contribution in [2.75, 3.05) is 30.4 Å². The molecule has 1 aliphatic rings. The molecule has 20 heavy (non-hydrogen) atoms. The van der Waals surface area contributed by atoms with Gasteiger partial charge >= 0.3 is 0 Å². The Bertz CT molecular complexity index is 615. The molecule has 1 aromatic heterocycles. The molecule has 1 aromatic carbocycles. The molecule has 5 heteroatoms. The number of para-hydroxylation sites is 2. The monoisotopic (exact) mass is 270 g/mol. The average molecular weight is 270 g/mol. The number of hydrogen-bond donors (Lipinski definition) is 1. The molecule has 104 valence electrons. The van der Waals surface area contributed by atoms with E-state index in [4.69, 9.17) is 4.74 Å². The predicted octanol–water partition coefficient (Wildman–Crippen LogP) is 2.75. The minimum absolute atomic E-state index is 0.733. The number of ether oxygens (including phenoxy) is 1. The van der Waals surface area contributed by atoms with Gasteiger partial charge in [0.05, 0.1) is 12.3 Å². The molecule has 0 radical (unpaired) electrons. The molecule has 0 amide bonds. The van der Waals surface area contributed by atoms with Crippen LogP contribution in [0.15, 0.2) is 30.6 Å². The molecule has 0 saturated heterocycles. The van der Waals surface area contributed by atoms with Crippen LogP contribution in [0.1, 0.15) is 12.0 Å². The van der Waals surface area contributed by atoms with E-state index in [1.807, 2.05) is 32.2 Å². The third kappa shape index (κ3) is 2.15. The van der Waals surface area contributed by atoms with Gasteiger partial charge in [-0.05, 0) is 25.5 Å². The van der Waals surface area contributed by atoms with E-state index in [9.17, 15) is 0 Å². The molecule has 0 saturated carbocycles. The van der Waals surface area contributed by atoms with Crippen LogP contribution >= 0.6 is 0 Å². The summed E-state index contributed by atoms with van der Waals surface area (Å²) in [5.74, 6) is 2.70. The Morgan fingerprint density at radius 2 is 2.10 bits per heavy atom. The molecule has 0 unspecified atom stereocenters. The SMILES string of the molecule is CNc1ncnc(N2CCCOc3ccccc32)c1C. The molecular formula is C15H18N4O. The van der Waals surface area contributed by atoms with Crippen molar-refractivity contribution in [3.8, 4) is 5.75 Å². The number of fused-ring (bicyclic) bond motifs is 1. The first-order chi connectivity index (χ1) is 9.81. The highest BCUT2D eigenvalue weighted by Gasteiger charge is 2.21. The summed E-state index contributed by atoms with van der Waals surface area (Å²) in [6.45, 7) is 3.66. The van der Waals surface area contributed by atoms with Crippen LogP contribution < -0.4 is 15.0 Å². The van der Waals surface area contributed by atoms with Crippen molar-refractivity contribution in [2.24, 2.45) is 0 Å². The third-order valence-electron chi connectivity index (χ3n) is 3.49. The van der Waals surface area contributed by atoms with E-state index in [1.54, 1.807) is 6.33 Å². The Morgan fingerprint density at radius 3 is 2.95 bits per heavy atom. The first kappa shape index (κ1) is 12.7. The van der Waals surface area contributed by atoms with Crippen molar-refractivity contribution in [3.05, 3.63) is 36.2 Å². The van der Waals surface area contributed by atoms with Crippen LogP contribution in [0.4, 0.5) is 17.3 Å². The van der Waals surface area contributed by atoms with Gasteiger partial charge in [-0.15, -0.1) is 0 Å². The standard InChI is InChI=1S/C15H18N4O/c1-11-14(16-2)17-10-18-15(11)19-8-5-9-20-13-7-4-3-6-12(13)19/h3-4,6-7,10H,5,8-9H2,1-2H3,(H,16,17,18). The summed E-state index contributed by atoms with van der Waals surface area (Å²) >= 11 is 0. The van der Waals surface area contributed by atoms with Crippen molar-refractivity contribution in [2.45, 2.75) is 13.3 Å². The molecule has 5 nitrogen and oxygen atoms in total. The topological polar surface area (TPSA) is 50.3 Å². The van der Waals surface area contributed by atoms with Gasteiger partial charge in [0.1, 0.15) is 23.7 Å². The Kier molecular flexibility index (Phi) is 3.41. The minimum atomic E-state index is 0.733. The summed E-state index contributed by atoms with van der Waals surface area (Å²) in [7, 11) is 1.87. The van der Waals surface area contributed by atoms with Crippen LogP contribution in [0.3, 0.4) is 0 Å². The van der Waals surface area contributed by atoms with Gasteiger partial charge in [0, 0.05) is 19.2 Å². The highest BCUT2D eigenvalue weighted by atomic mass is 16.5. The van der Waals surface area contributed by atoms with Gasteiger partial charge in [-0.2, -0.15) is 0 Å². The van der Waals surface area contributed by atoms with Crippen molar-refractivity contribution in [1.82, 2.24) is 9.97 Å².